The summed E-state index contributed by atoms with van der Waals surface area (Å²) in [6, 6.07) is 27.4. The van der Waals surface area contributed by atoms with Gasteiger partial charge in [-0.2, -0.15) is 0 Å². The van der Waals surface area contributed by atoms with Crippen LogP contribution in [-0.4, -0.2) is 21.4 Å². The molecule has 0 radical (unpaired) electrons. The highest BCUT2D eigenvalue weighted by Gasteiger charge is 2.22. The van der Waals surface area contributed by atoms with E-state index in [1.807, 2.05) is 84.9 Å². The van der Waals surface area contributed by atoms with Gasteiger partial charge >= 0.3 is 0 Å². The fraction of sp³-hybridized carbons (Fsp3) is 0.185. The number of fused-ring (bicyclic) bond motifs is 1. The molecule has 0 fully saturated rings. The minimum Gasteiger partial charge on any atom is -0.349 e. The van der Waals surface area contributed by atoms with Crippen LogP contribution in [0.25, 0.3) is 22.2 Å². The zero-order valence-electron chi connectivity index (χ0n) is 18.2. The molecule has 0 spiro atoms. The molecule has 2 atom stereocenters. The van der Waals surface area contributed by atoms with Gasteiger partial charge in [0.25, 0.3) is 0 Å². The molecule has 162 valence electrons. The molecule has 4 rings (SSSR count). The van der Waals surface area contributed by atoms with E-state index in [1.54, 1.807) is 6.26 Å². The van der Waals surface area contributed by atoms with E-state index < -0.39 is 10.8 Å². The second-order valence-electron chi connectivity index (χ2n) is 7.72. The molecule has 0 saturated carbocycles. The third kappa shape index (κ3) is 4.63. The number of benzene rings is 3. The first-order valence-electron chi connectivity index (χ1n) is 10.7. The molecule has 0 aliphatic heterocycles. The SMILES string of the molecule is CC[C@H](NC(=O)Cc1c(S(C)=O)c(-c2ccccc2)nc2ccccc12)c1ccccc1. The molecule has 0 saturated heterocycles. The maximum atomic E-state index is 13.2. The second kappa shape index (κ2) is 9.88. The van der Waals surface area contributed by atoms with Crippen LogP contribution >= 0.6 is 0 Å². The Morgan fingerprint density at radius 2 is 1.56 bits per heavy atom. The number of nitrogens with one attached hydrogen (secondary N) is 1. The van der Waals surface area contributed by atoms with Gasteiger partial charge in [-0.15, -0.1) is 0 Å². The molecule has 4 aromatic rings. The molecule has 5 heteroatoms. The summed E-state index contributed by atoms with van der Waals surface area (Å²) in [5.41, 5.74) is 4.20. The van der Waals surface area contributed by atoms with E-state index in [0.717, 1.165) is 34.0 Å². The van der Waals surface area contributed by atoms with Crippen LogP contribution in [0.15, 0.2) is 89.8 Å². The summed E-state index contributed by atoms with van der Waals surface area (Å²) in [6.45, 7) is 2.06. The Morgan fingerprint density at radius 1 is 0.938 bits per heavy atom. The lowest BCUT2D eigenvalue weighted by molar-refractivity contribution is -0.121. The number of amides is 1. The van der Waals surface area contributed by atoms with Crippen molar-refractivity contribution in [2.45, 2.75) is 30.7 Å². The van der Waals surface area contributed by atoms with Gasteiger partial charge in [0, 0.05) is 17.2 Å². The van der Waals surface area contributed by atoms with Crippen LogP contribution in [0.2, 0.25) is 0 Å². The first-order valence-corrected chi connectivity index (χ1v) is 12.3. The molecular formula is C27H26N2O2S. The lowest BCUT2D eigenvalue weighted by Crippen LogP contribution is -2.30. The molecule has 1 aromatic heterocycles. The number of carbonyl (C=O) groups is 1. The summed E-state index contributed by atoms with van der Waals surface area (Å²) < 4.78 is 12.9. The summed E-state index contributed by atoms with van der Waals surface area (Å²) in [6.07, 6.45) is 2.58. The van der Waals surface area contributed by atoms with Gasteiger partial charge in [0.2, 0.25) is 5.91 Å². The number of aromatic nitrogens is 1. The summed E-state index contributed by atoms with van der Waals surface area (Å²) >= 11 is 0. The smallest absolute Gasteiger partial charge is 0.224 e. The van der Waals surface area contributed by atoms with Gasteiger partial charge in [-0.05, 0) is 23.6 Å². The molecule has 0 aliphatic carbocycles. The fourth-order valence-corrected chi connectivity index (χ4v) is 5.02. The first kappa shape index (κ1) is 21.9. The fourth-order valence-electron chi connectivity index (χ4n) is 4.05. The minimum atomic E-state index is -1.32. The number of carbonyl (C=O) groups excluding carboxylic acids is 1. The van der Waals surface area contributed by atoms with Crippen LogP contribution in [0.1, 0.15) is 30.5 Å². The molecule has 1 amide bonds. The van der Waals surface area contributed by atoms with Crippen molar-refractivity contribution in [3.8, 4) is 11.3 Å². The Hall–Kier alpha value is -3.31. The van der Waals surface area contributed by atoms with Crippen molar-refractivity contribution < 1.29 is 9.00 Å². The minimum absolute atomic E-state index is 0.0685. The molecule has 0 aliphatic rings. The lowest BCUT2D eigenvalue weighted by Gasteiger charge is -2.19. The zero-order chi connectivity index (χ0) is 22.5. The molecule has 0 bridgehead atoms. The number of pyridine rings is 1. The monoisotopic (exact) mass is 442 g/mol. The predicted octanol–water partition coefficient (Wildman–Crippen LogP) is 5.45. The molecule has 32 heavy (non-hydrogen) atoms. The van der Waals surface area contributed by atoms with Crippen LogP contribution in [0.4, 0.5) is 0 Å². The van der Waals surface area contributed by atoms with E-state index in [4.69, 9.17) is 4.98 Å². The molecule has 1 N–H and O–H groups in total. The number of hydrogen-bond acceptors (Lipinski definition) is 3. The highest BCUT2D eigenvalue weighted by atomic mass is 32.2. The molecular weight excluding hydrogens is 416 g/mol. The van der Waals surface area contributed by atoms with Crippen molar-refractivity contribution in [2.24, 2.45) is 0 Å². The normalized spacial score (nSPS) is 12.9. The Labute approximate surface area is 191 Å². The van der Waals surface area contributed by atoms with E-state index in [-0.39, 0.29) is 18.4 Å². The van der Waals surface area contributed by atoms with Crippen molar-refractivity contribution in [1.29, 1.82) is 0 Å². The second-order valence-corrected chi connectivity index (χ2v) is 9.04. The summed E-state index contributed by atoms with van der Waals surface area (Å²) in [4.78, 5) is 18.6. The Kier molecular flexibility index (Phi) is 6.76. The average molecular weight is 443 g/mol. The van der Waals surface area contributed by atoms with Crippen LogP contribution in [0.5, 0.6) is 0 Å². The first-order chi connectivity index (χ1) is 15.6. The maximum Gasteiger partial charge on any atom is 0.224 e. The van der Waals surface area contributed by atoms with E-state index in [1.165, 1.54) is 0 Å². The summed E-state index contributed by atoms with van der Waals surface area (Å²) in [5, 5.41) is 4.02. The zero-order valence-corrected chi connectivity index (χ0v) is 19.1. The quantitative estimate of drug-likeness (QED) is 0.414. The largest absolute Gasteiger partial charge is 0.349 e. The molecule has 3 aromatic carbocycles. The van der Waals surface area contributed by atoms with Crippen molar-refractivity contribution >= 4 is 27.6 Å². The molecule has 4 nitrogen and oxygen atoms in total. The van der Waals surface area contributed by atoms with E-state index in [2.05, 4.69) is 12.2 Å². The van der Waals surface area contributed by atoms with Crippen molar-refractivity contribution in [3.63, 3.8) is 0 Å². The van der Waals surface area contributed by atoms with Crippen molar-refractivity contribution in [1.82, 2.24) is 10.3 Å². The van der Waals surface area contributed by atoms with Gasteiger partial charge < -0.3 is 5.32 Å². The topological polar surface area (TPSA) is 59.1 Å². The maximum absolute atomic E-state index is 13.2. The van der Waals surface area contributed by atoms with E-state index in [9.17, 15) is 9.00 Å². The van der Waals surface area contributed by atoms with Crippen LogP contribution in [-0.2, 0) is 22.0 Å². The van der Waals surface area contributed by atoms with Crippen LogP contribution in [0.3, 0.4) is 0 Å². The van der Waals surface area contributed by atoms with Gasteiger partial charge in [-0.25, -0.2) is 4.98 Å². The number of para-hydroxylation sites is 1. The van der Waals surface area contributed by atoms with Gasteiger partial charge in [0.05, 0.1) is 39.4 Å². The highest BCUT2D eigenvalue weighted by Crippen LogP contribution is 2.33. The number of hydrogen-bond donors (Lipinski definition) is 1. The van der Waals surface area contributed by atoms with Gasteiger partial charge in [-0.3, -0.25) is 9.00 Å². The Balaban J connectivity index is 1.78. The van der Waals surface area contributed by atoms with Gasteiger partial charge in [-0.1, -0.05) is 85.8 Å². The molecule has 1 heterocycles. The van der Waals surface area contributed by atoms with E-state index in [0.29, 0.717) is 10.6 Å². The lowest BCUT2D eigenvalue weighted by atomic mass is 10.00. The highest BCUT2D eigenvalue weighted by molar-refractivity contribution is 7.84. The predicted molar refractivity (Wildman–Crippen MR) is 131 cm³/mol. The van der Waals surface area contributed by atoms with Gasteiger partial charge in [0.15, 0.2) is 0 Å². The number of nitrogens with zero attached hydrogens (tertiary/aromatic N) is 1. The average Bonchev–Trinajstić information content (AvgIpc) is 2.83. The third-order valence-electron chi connectivity index (χ3n) is 5.57. The number of rotatable bonds is 7. The Morgan fingerprint density at radius 3 is 2.22 bits per heavy atom. The summed E-state index contributed by atoms with van der Waals surface area (Å²) in [7, 11) is -1.32. The summed E-state index contributed by atoms with van der Waals surface area (Å²) in [5.74, 6) is -0.0947. The molecule has 1 unspecified atom stereocenters. The van der Waals surface area contributed by atoms with Gasteiger partial charge in [0.1, 0.15) is 0 Å². The standard InChI is InChI=1S/C27H26N2O2S/c1-3-23(19-12-6-4-7-13-19)28-25(30)18-22-21-16-10-11-17-24(21)29-26(27(22)32(2)31)20-14-8-5-9-15-20/h4-17,23H,3,18H2,1-2H3,(H,28,30)/t23-,32?/m0/s1. The van der Waals surface area contributed by atoms with Crippen LogP contribution in [0, 0.1) is 0 Å². The van der Waals surface area contributed by atoms with Crippen molar-refractivity contribution in [2.75, 3.05) is 6.26 Å². The Bertz CT molecular complexity index is 1260. The van der Waals surface area contributed by atoms with Crippen LogP contribution < -0.4 is 5.32 Å². The van der Waals surface area contributed by atoms with E-state index >= 15 is 0 Å². The third-order valence-corrected chi connectivity index (χ3v) is 6.58. The van der Waals surface area contributed by atoms with Crippen molar-refractivity contribution in [3.05, 3.63) is 96.1 Å².